The lowest BCUT2D eigenvalue weighted by Crippen LogP contribution is -2.35. The molecule has 1 aliphatic heterocycles. The first kappa shape index (κ1) is 28.8. The monoisotopic (exact) mass is 669 g/mol. The Labute approximate surface area is 250 Å². The Kier molecular flexibility index (Phi) is 9.23. The molecule has 0 saturated carbocycles. The maximum absolute atomic E-state index is 13.6. The molecule has 0 radical (unpaired) electrons. The molecule has 0 spiro atoms. The fourth-order valence-electron chi connectivity index (χ4n) is 4.01. The van der Waals surface area contributed by atoms with Crippen LogP contribution in [0.15, 0.2) is 66.4 Å². The third-order valence-corrected chi connectivity index (χ3v) is 7.25. The number of nitrogens with zero attached hydrogens (tertiary/aromatic N) is 3. The predicted octanol–water partition coefficient (Wildman–Crippen LogP) is 4.91. The lowest BCUT2D eigenvalue weighted by Gasteiger charge is -2.19. The molecule has 0 N–H and O–H groups in total. The number of thiocarbonyl (C=S) groups is 1. The van der Waals surface area contributed by atoms with Crippen molar-refractivity contribution in [3.05, 3.63) is 86.6 Å². The Hall–Kier alpha value is -4.15. The van der Waals surface area contributed by atoms with Crippen molar-refractivity contribution in [2.24, 2.45) is 0 Å². The molecule has 11 heteroatoms. The van der Waals surface area contributed by atoms with Gasteiger partial charge < -0.3 is 23.8 Å². The molecule has 40 heavy (non-hydrogen) atoms. The molecule has 0 aliphatic carbocycles. The smallest absolute Gasteiger partial charge is 0.325 e. The van der Waals surface area contributed by atoms with E-state index in [-0.39, 0.29) is 24.0 Å². The summed E-state index contributed by atoms with van der Waals surface area (Å²) in [5, 5.41) is 9.52. The van der Waals surface area contributed by atoms with Crippen LogP contribution in [0.2, 0.25) is 0 Å². The highest BCUT2D eigenvalue weighted by Gasteiger charge is 2.40. The van der Waals surface area contributed by atoms with Gasteiger partial charge in [0.05, 0.1) is 42.2 Å². The summed E-state index contributed by atoms with van der Waals surface area (Å²) in [7, 11) is 4.34. The third kappa shape index (κ3) is 6.03. The highest BCUT2D eigenvalue weighted by atomic mass is 127. The molecule has 1 heterocycles. The van der Waals surface area contributed by atoms with E-state index in [1.807, 2.05) is 18.2 Å². The summed E-state index contributed by atoms with van der Waals surface area (Å²) in [5.74, 6) is 0.613. The van der Waals surface area contributed by atoms with Gasteiger partial charge in [-0.05, 0) is 88.9 Å². The summed E-state index contributed by atoms with van der Waals surface area (Å²) in [4.78, 5) is 28.7. The topological polar surface area (TPSA) is 101 Å². The van der Waals surface area contributed by atoms with Crippen molar-refractivity contribution in [2.45, 2.75) is 6.61 Å². The summed E-state index contributed by atoms with van der Waals surface area (Å²) in [6.07, 6.45) is 1.64. The van der Waals surface area contributed by atoms with Crippen molar-refractivity contribution < 1.29 is 28.5 Å². The first-order chi connectivity index (χ1) is 19.3. The van der Waals surface area contributed by atoms with Crippen LogP contribution in [0.4, 0.5) is 5.69 Å². The number of hydrogen-bond donors (Lipinski definition) is 0. The maximum Gasteiger partial charge on any atom is 0.325 e. The highest BCUT2D eigenvalue weighted by Crippen LogP contribution is 2.37. The SMILES string of the molecule is COC(=O)CN1C(=S)N(c2ccc(OC)cc2)C(=O)/C1=C/c1cc(I)c(OCc2ccccc2C#N)c(OC)c1. The van der Waals surface area contributed by atoms with Crippen LogP contribution in [-0.4, -0.2) is 49.8 Å². The number of esters is 1. The van der Waals surface area contributed by atoms with Crippen LogP contribution in [0.25, 0.3) is 6.08 Å². The zero-order valence-electron chi connectivity index (χ0n) is 21.8. The summed E-state index contributed by atoms with van der Waals surface area (Å²) in [6, 6.07) is 19.8. The number of rotatable bonds is 9. The van der Waals surface area contributed by atoms with Gasteiger partial charge in [0, 0.05) is 5.56 Å². The minimum absolute atomic E-state index is 0.143. The first-order valence-electron chi connectivity index (χ1n) is 11.9. The lowest BCUT2D eigenvalue weighted by molar-refractivity contribution is -0.140. The Bertz CT molecular complexity index is 1530. The first-order valence-corrected chi connectivity index (χ1v) is 13.4. The van der Waals surface area contributed by atoms with E-state index in [0.29, 0.717) is 34.1 Å². The van der Waals surface area contributed by atoms with E-state index >= 15 is 0 Å². The summed E-state index contributed by atoms with van der Waals surface area (Å²) < 4.78 is 22.4. The standard InChI is InChI=1S/C29H24IN3O6S/c1-36-22-10-8-21(9-11-22)33-28(35)24(32(29(33)40)16-26(34)38-3)13-18-12-23(30)27(25(14-18)37-2)39-17-20-7-5-4-6-19(20)15-31/h4-14H,16-17H2,1-3H3/b24-13-. The molecule has 0 atom stereocenters. The highest BCUT2D eigenvalue weighted by molar-refractivity contribution is 14.1. The summed E-state index contributed by atoms with van der Waals surface area (Å²) >= 11 is 7.74. The normalized spacial score (nSPS) is 13.8. The number of benzene rings is 3. The Morgan fingerprint density at radius 1 is 1.07 bits per heavy atom. The van der Waals surface area contributed by atoms with E-state index < -0.39 is 11.9 Å². The Morgan fingerprint density at radius 3 is 2.45 bits per heavy atom. The number of halogens is 1. The van der Waals surface area contributed by atoms with E-state index in [9.17, 15) is 14.9 Å². The van der Waals surface area contributed by atoms with Gasteiger partial charge in [0.25, 0.3) is 5.91 Å². The number of methoxy groups -OCH3 is 3. The fraction of sp³-hybridized carbons (Fsp3) is 0.172. The molecular weight excluding hydrogens is 645 g/mol. The second kappa shape index (κ2) is 12.8. The number of hydrogen-bond acceptors (Lipinski definition) is 8. The molecule has 9 nitrogen and oxygen atoms in total. The van der Waals surface area contributed by atoms with Gasteiger partial charge in [-0.25, -0.2) is 0 Å². The Morgan fingerprint density at radius 2 is 1.80 bits per heavy atom. The van der Waals surface area contributed by atoms with Crippen molar-refractivity contribution in [1.29, 1.82) is 5.26 Å². The fourth-order valence-corrected chi connectivity index (χ4v) is 5.14. The van der Waals surface area contributed by atoms with Gasteiger partial charge in [-0.15, -0.1) is 0 Å². The van der Waals surface area contributed by atoms with Gasteiger partial charge in [0.15, 0.2) is 16.6 Å². The molecule has 3 aromatic rings. The minimum Gasteiger partial charge on any atom is -0.497 e. The minimum atomic E-state index is -0.550. The van der Waals surface area contributed by atoms with Crippen molar-refractivity contribution in [3.8, 4) is 23.3 Å². The van der Waals surface area contributed by atoms with Crippen molar-refractivity contribution in [1.82, 2.24) is 4.90 Å². The van der Waals surface area contributed by atoms with Crippen LogP contribution in [0, 0.1) is 14.9 Å². The van der Waals surface area contributed by atoms with E-state index in [4.69, 9.17) is 31.2 Å². The van der Waals surface area contributed by atoms with Crippen molar-refractivity contribution in [2.75, 3.05) is 32.8 Å². The largest absolute Gasteiger partial charge is 0.497 e. The number of carbonyl (C=O) groups excluding carboxylic acids is 2. The number of amides is 1. The molecule has 4 rings (SSSR count). The van der Waals surface area contributed by atoms with Gasteiger partial charge in [0.1, 0.15) is 24.6 Å². The summed E-state index contributed by atoms with van der Waals surface area (Å²) in [6.45, 7) is -0.0691. The van der Waals surface area contributed by atoms with Crippen molar-refractivity contribution >= 4 is 63.6 Å². The molecule has 1 saturated heterocycles. The van der Waals surface area contributed by atoms with Crippen molar-refractivity contribution in [3.63, 3.8) is 0 Å². The molecule has 3 aromatic carbocycles. The van der Waals surface area contributed by atoms with Gasteiger partial charge in [-0.1, -0.05) is 18.2 Å². The molecule has 204 valence electrons. The van der Waals surface area contributed by atoms with E-state index in [2.05, 4.69) is 28.7 Å². The van der Waals surface area contributed by atoms with Crippen LogP contribution in [0.5, 0.6) is 17.2 Å². The zero-order chi connectivity index (χ0) is 28.8. The second-order valence-electron chi connectivity index (χ2n) is 8.40. The molecule has 0 unspecified atom stereocenters. The van der Waals surface area contributed by atoms with Crippen LogP contribution >= 0.6 is 34.8 Å². The van der Waals surface area contributed by atoms with E-state index in [1.54, 1.807) is 55.7 Å². The van der Waals surface area contributed by atoms with Gasteiger partial charge in [-0.3, -0.25) is 14.5 Å². The van der Waals surface area contributed by atoms with Gasteiger partial charge in [0.2, 0.25) is 0 Å². The molecule has 1 amide bonds. The van der Waals surface area contributed by atoms with Crippen LogP contribution in [-0.2, 0) is 20.9 Å². The number of ether oxygens (including phenoxy) is 4. The quantitative estimate of drug-likeness (QED) is 0.136. The summed E-state index contributed by atoms with van der Waals surface area (Å²) in [5.41, 5.74) is 2.63. The average Bonchev–Trinajstić information content (AvgIpc) is 3.20. The predicted molar refractivity (Wildman–Crippen MR) is 161 cm³/mol. The average molecular weight is 669 g/mol. The number of anilines is 1. The van der Waals surface area contributed by atoms with Crippen LogP contribution in [0.3, 0.4) is 0 Å². The lowest BCUT2D eigenvalue weighted by atomic mass is 10.1. The second-order valence-corrected chi connectivity index (χ2v) is 9.93. The van der Waals surface area contributed by atoms with E-state index in [1.165, 1.54) is 24.0 Å². The van der Waals surface area contributed by atoms with E-state index in [0.717, 1.165) is 9.13 Å². The molecule has 1 aliphatic rings. The molecule has 1 fully saturated rings. The Balaban J connectivity index is 1.69. The van der Waals surface area contributed by atoms with Crippen LogP contribution in [0.1, 0.15) is 16.7 Å². The third-order valence-electron chi connectivity index (χ3n) is 6.05. The van der Waals surface area contributed by atoms with Crippen LogP contribution < -0.4 is 19.1 Å². The maximum atomic E-state index is 13.6. The molecular formula is C29H24IN3O6S. The zero-order valence-corrected chi connectivity index (χ0v) is 24.8. The van der Waals surface area contributed by atoms with Gasteiger partial charge >= 0.3 is 5.97 Å². The molecule has 0 bridgehead atoms. The number of nitriles is 1. The molecule has 0 aromatic heterocycles. The number of carbonyl (C=O) groups is 2. The van der Waals surface area contributed by atoms with Gasteiger partial charge in [-0.2, -0.15) is 5.26 Å².